The average molecular weight is 369 g/mol. The molecule has 6 heteroatoms. The van der Waals surface area contributed by atoms with Crippen molar-refractivity contribution in [3.05, 3.63) is 54.1 Å². The van der Waals surface area contributed by atoms with Crippen molar-refractivity contribution in [2.24, 2.45) is 5.92 Å². The molecular formula is C21H24FN3O2. The van der Waals surface area contributed by atoms with Crippen LogP contribution in [0.1, 0.15) is 31.1 Å². The summed E-state index contributed by atoms with van der Waals surface area (Å²) in [6.45, 7) is 7.62. The summed E-state index contributed by atoms with van der Waals surface area (Å²) in [5, 5.41) is 0. The number of hydrogen-bond donors (Lipinski definition) is 0. The fourth-order valence-electron chi connectivity index (χ4n) is 3.42. The molecule has 0 spiro atoms. The van der Waals surface area contributed by atoms with E-state index in [1.54, 1.807) is 42.2 Å². The Bertz CT molecular complexity index is 853. The SMILES string of the molecule is CC(C)CN1CCN(C(=O)c2cccc(-c3ccncc3F)c2)C(C)C1=O. The summed E-state index contributed by atoms with van der Waals surface area (Å²) < 4.78 is 14.0. The number of carbonyl (C=O) groups excluding carboxylic acids is 2. The molecule has 0 aliphatic carbocycles. The zero-order chi connectivity index (χ0) is 19.6. The average Bonchev–Trinajstić information content (AvgIpc) is 2.65. The molecule has 2 aromatic rings. The summed E-state index contributed by atoms with van der Waals surface area (Å²) in [7, 11) is 0. The van der Waals surface area contributed by atoms with E-state index >= 15 is 0 Å². The molecule has 0 radical (unpaired) electrons. The summed E-state index contributed by atoms with van der Waals surface area (Å²) in [4.78, 5) is 32.8. The Morgan fingerprint density at radius 2 is 2.07 bits per heavy atom. The molecule has 1 aliphatic heterocycles. The first kappa shape index (κ1) is 19.0. The lowest BCUT2D eigenvalue weighted by Crippen LogP contribution is -2.58. The number of nitrogens with zero attached hydrogens (tertiary/aromatic N) is 3. The summed E-state index contributed by atoms with van der Waals surface area (Å²) in [5.74, 6) is -0.292. The van der Waals surface area contributed by atoms with Crippen LogP contribution in [0.4, 0.5) is 4.39 Å². The highest BCUT2D eigenvalue weighted by molar-refractivity contribution is 5.99. The molecule has 1 aromatic heterocycles. The normalized spacial score (nSPS) is 17.5. The van der Waals surface area contributed by atoms with Gasteiger partial charge in [0.15, 0.2) is 0 Å². The van der Waals surface area contributed by atoms with Crippen LogP contribution < -0.4 is 0 Å². The number of halogens is 1. The van der Waals surface area contributed by atoms with Crippen LogP contribution in [0.25, 0.3) is 11.1 Å². The Morgan fingerprint density at radius 3 is 2.78 bits per heavy atom. The van der Waals surface area contributed by atoms with Crippen LogP contribution in [0.5, 0.6) is 0 Å². The minimum Gasteiger partial charge on any atom is -0.339 e. The van der Waals surface area contributed by atoms with Gasteiger partial charge in [-0.25, -0.2) is 4.39 Å². The van der Waals surface area contributed by atoms with E-state index in [-0.39, 0.29) is 11.8 Å². The Hall–Kier alpha value is -2.76. The molecule has 27 heavy (non-hydrogen) atoms. The van der Waals surface area contributed by atoms with Gasteiger partial charge in [0, 0.05) is 37.0 Å². The summed E-state index contributed by atoms with van der Waals surface area (Å²) in [5.41, 5.74) is 1.45. The van der Waals surface area contributed by atoms with E-state index in [9.17, 15) is 14.0 Å². The smallest absolute Gasteiger partial charge is 0.254 e. The number of aromatic nitrogens is 1. The van der Waals surface area contributed by atoms with Crippen molar-refractivity contribution < 1.29 is 14.0 Å². The molecule has 0 saturated carbocycles. The number of piperazine rings is 1. The van der Waals surface area contributed by atoms with E-state index in [2.05, 4.69) is 18.8 Å². The Labute approximate surface area is 158 Å². The number of rotatable bonds is 4. The van der Waals surface area contributed by atoms with Crippen LogP contribution in [-0.2, 0) is 4.79 Å². The van der Waals surface area contributed by atoms with Gasteiger partial charge in [-0.1, -0.05) is 26.0 Å². The second-order valence-corrected chi connectivity index (χ2v) is 7.29. The van der Waals surface area contributed by atoms with Crippen molar-refractivity contribution >= 4 is 11.8 Å². The maximum atomic E-state index is 14.0. The number of hydrogen-bond acceptors (Lipinski definition) is 3. The van der Waals surface area contributed by atoms with E-state index in [1.165, 1.54) is 6.20 Å². The van der Waals surface area contributed by atoms with Crippen molar-refractivity contribution in [1.29, 1.82) is 0 Å². The molecule has 3 rings (SSSR count). The van der Waals surface area contributed by atoms with Crippen molar-refractivity contribution in [2.45, 2.75) is 26.8 Å². The van der Waals surface area contributed by atoms with Crippen LogP contribution in [0.2, 0.25) is 0 Å². The molecular weight excluding hydrogens is 345 g/mol. The van der Waals surface area contributed by atoms with Gasteiger partial charge in [-0.3, -0.25) is 14.6 Å². The van der Waals surface area contributed by atoms with Gasteiger partial charge in [-0.15, -0.1) is 0 Å². The number of pyridine rings is 1. The van der Waals surface area contributed by atoms with Crippen molar-refractivity contribution in [3.63, 3.8) is 0 Å². The number of benzene rings is 1. The Kier molecular flexibility index (Phi) is 5.54. The molecule has 1 saturated heterocycles. The third-order valence-electron chi connectivity index (χ3n) is 4.79. The minimum absolute atomic E-state index is 0.0281. The van der Waals surface area contributed by atoms with Gasteiger partial charge in [-0.05, 0) is 36.6 Å². The van der Waals surface area contributed by atoms with E-state index < -0.39 is 11.9 Å². The van der Waals surface area contributed by atoms with E-state index in [4.69, 9.17) is 0 Å². The molecule has 2 heterocycles. The van der Waals surface area contributed by atoms with Crippen LogP contribution in [0, 0.1) is 11.7 Å². The second kappa shape index (κ2) is 7.86. The van der Waals surface area contributed by atoms with Crippen LogP contribution in [-0.4, -0.2) is 52.3 Å². The molecule has 142 valence electrons. The Balaban J connectivity index is 1.82. The lowest BCUT2D eigenvalue weighted by atomic mass is 10.0. The molecule has 1 fully saturated rings. The monoisotopic (exact) mass is 369 g/mol. The maximum Gasteiger partial charge on any atom is 0.254 e. The van der Waals surface area contributed by atoms with Gasteiger partial charge in [0.05, 0.1) is 6.20 Å². The minimum atomic E-state index is -0.508. The molecule has 1 aliphatic rings. The molecule has 0 N–H and O–H groups in total. The van der Waals surface area contributed by atoms with E-state index in [0.29, 0.717) is 42.2 Å². The molecule has 0 bridgehead atoms. The third-order valence-corrected chi connectivity index (χ3v) is 4.79. The highest BCUT2D eigenvalue weighted by Crippen LogP contribution is 2.24. The highest BCUT2D eigenvalue weighted by atomic mass is 19.1. The third kappa shape index (κ3) is 3.99. The lowest BCUT2D eigenvalue weighted by Gasteiger charge is -2.39. The largest absolute Gasteiger partial charge is 0.339 e. The van der Waals surface area contributed by atoms with E-state index in [0.717, 1.165) is 6.20 Å². The highest BCUT2D eigenvalue weighted by Gasteiger charge is 2.34. The van der Waals surface area contributed by atoms with E-state index in [1.807, 2.05) is 4.90 Å². The van der Waals surface area contributed by atoms with Crippen molar-refractivity contribution in [1.82, 2.24) is 14.8 Å². The first-order valence-electron chi connectivity index (χ1n) is 9.18. The van der Waals surface area contributed by atoms with Crippen LogP contribution in [0.15, 0.2) is 42.7 Å². The molecule has 2 amide bonds. The quantitative estimate of drug-likeness (QED) is 0.832. The predicted octanol–water partition coefficient (Wildman–Crippen LogP) is 3.22. The van der Waals surface area contributed by atoms with Gasteiger partial charge in [0.25, 0.3) is 5.91 Å². The summed E-state index contributed by atoms with van der Waals surface area (Å²) in [6, 6.07) is 7.91. The Morgan fingerprint density at radius 1 is 1.30 bits per heavy atom. The fourth-order valence-corrected chi connectivity index (χ4v) is 3.42. The van der Waals surface area contributed by atoms with Crippen molar-refractivity contribution in [2.75, 3.05) is 19.6 Å². The topological polar surface area (TPSA) is 53.5 Å². The van der Waals surface area contributed by atoms with Gasteiger partial charge < -0.3 is 9.80 Å². The molecule has 1 aromatic carbocycles. The first-order valence-corrected chi connectivity index (χ1v) is 9.18. The second-order valence-electron chi connectivity index (χ2n) is 7.29. The molecule has 1 atom stereocenters. The summed E-state index contributed by atoms with van der Waals surface area (Å²) in [6.07, 6.45) is 2.67. The fraction of sp³-hybridized carbons (Fsp3) is 0.381. The standard InChI is InChI=1S/C21H24FN3O2/c1-14(2)13-24-9-10-25(15(3)20(24)26)21(27)17-6-4-5-16(11-17)18-7-8-23-12-19(18)22/h4-8,11-12,14-15H,9-10,13H2,1-3H3. The zero-order valence-electron chi connectivity index (χ0n) is 15.9. The molecule has 5 nitrogen and oxygen atoms in total. The van der Waals surface area contributed by atoms with Gasteiger partial charge in [-0.2, -0.15) is 0 Å². The van der Waals surface area contributed by atoms with Gasteiger partial charge in [0.2, 0.25) is 5.91 Å². The van der Waals surface area contributed by atoms with Crippen LogP contribution >= 0.6 is 0 Å². The lowest BCUT2D eigenvalue weighted by molar-refractivity contribution is -0.140. The first-order chi connectivity index (χ1) is 12.9. The van der Waals surface area contributed by atoms with Gasteiger partial charge >= 0.3 is 0 Å². The van der Waals surface area contributed by atoms with Gasteiger partial charge in [0.1, 0.15) is 11.9 Å². The maximum absolute atomic E-state index is 14.0. The molecule has 1 unspecified atom stereocenters. The predicted molar refractivity (Wildman–Crippen MR) is 102 cm³/mol. The van der Waals surface area contributed by atoms with Crippen molar-refractivity contribution in [3.8, 4) is 11.1 Å². The summed E-state index contributed by atoms with van der Waals surface area (Å²) >= 11 is 0. The number of carbonyl (C=O) groups is 2. The number of amides is 2. The van der Waals surface area contributed by atoms with Crippen LogP contribution in [0.3, 0.4) is 0 Å². The zero-order valence-corrected chi connectivity index (χ0v) is 15.9.